The van der Waals surface area contributed by atoms with E-state index in [1.165, 1.54) is 5.56 Å². The van der Waals surface area contributed by atoms with Crippen molar-refractivity contribution >= 4 is 18.3 Å². The molecule has 1 amide bonds. The molecule has 0 radical (unpaired) electrons. The Hall–Kier alpha value is -1.40. The molecule has 2 heterocycles. The number of ether oxygens (including phenoxy) is 1. The van der Waals surface area contributed by atoms with Gasteiger partial charge >= 0.3 is 0 Å². The van der Waals surface area contributed by atoms with Crippen molar-refractivity contribution in [1.29, 1.82) is 0 Å². The van der Waals surface area contributed by atoms with Gasteiger partial charge in [-0.15, -0.1) is 12.4 Å². The first-order valence-electron chi connectivity index (χ1n) is 8.06. The van der Waals surface area contributed by atoms with Gasteiger partial charge in [-0.1, -0.05) is 17.7 Å². The van der Waals surface area contributed by atoms with E-state index in [9.17, 15) is 13.6 Å². The van der Waals surface area contributed by atoms with Gasteiger partial charge in [0.15, 0.2) is 0 Å². The predicted molar refractivity (Wildman–Crippen MR) is 90.0 cm³/mol. The number of rotatable bonds is 3. The van der Waals surface area contributed by atoms with Crippen molar-refractivity contribution in [2.24, 2.45) is 0 Å². The molecule has 4 nitrogen and oxygen atoms in total. The number of likely N-dealkylation sites (tertiary alicyclic amines) is 1. The third kappa shape index (κ3) is 4.57. The van der Waals surface area contributed by atoms with Crippen LogP contribution in [-0.4, -0.2) is 48.5 Å². The van der Waals surface area contributed by atoms with Crippen LogP contribution in [0, 0.1) is 6.92 Å². The first-order chi connectivity index (χ1) is 10.9. The Balaban J connectivity index is 0.00000208. The largest absolute Gasteiger partial charge is 0.490 e. The lowest BCUT2D eigenvalue weighted by atomic mass is 10.1. The third-order valence-electron chi connectivity index (χ3n) is 4.49. The second-order valence-electron chi connectivity index (χ2n) is 6.45. The van der Waals surface area contributed by atoms with Crippen LogP contribution in [0.4, 0.5) is 8.78 Å². The zero-order valence-corrected chi connectivity index (χ0v) is 14.5. The molecule has 2 fully saturated rings. The maximum absolute atomic E-state index is 13.2. The fourth-order valence-corrected chi connectivity index (χ4v) is 3.11. The number of carbonyl (C=O) groups excluding carboxylic acids is 1. The Bertz CT molecular complexity index is 560. The van der Waals surface area contributed by atoms with Gasteiger partial charge in [-0.25, -0.2) is 8.78 Å². The molecule has 0 aliphatic carbocycles. The zero-order valence-electron chi connectivity index (χ0n) is 13.6. The minimum atomic E-state index is -2.77. The van der Waals surface area contributed by atoms with Crippen LogP contribution in [-0.2, 0) is 4.79 Å². The van der Waals surface area contributed by atoms with Crippen LogP contribution in [0.1, 0.15) is 24.8 Å². The highest BCUT2D eigenvalue weighted by molar-refractivity contribution is 5.85. The van der Waals surface area contributed by atoms with E-state index in [1.54, 1.807) is 4.90 Å². The summed E-state index contributed by atoms with van der Waals surface area (Å²) in [6, 6.07) is 7.13. The van der Waals surface area contributed by atoms with Gasteiger partial charge < -0.3 is 9.64 Å². The highest BCUT2D eigenvalue weighted by Crippen LogP contribution is 2.27. The van der Waals surface area contributed by atoms with E-state index >= 15 is 0 Å². The van der Waals surface area contributed by atoms with Gasteiger partial charge in [-0.2, -0.15) is 0 Å². The number of hydrogen-bond acceptors (Lipinski definition) is 3. The van der Waals surface area contributed by atoms with Crippen molar-refractivity contribution in [2.75, 3.05) is 19.6 Å². The average Bonchev–Trinajstić information content (AvgIpc) is 2.90. The van der Waals surface area contributed by atoms with E-state index in [2.05, 4.69) is 5.32 Å². The second kappa shape index (κ2) is 7.66. The first kappa shape index (κ1) is 18.9. The molecule has 1 N–H and O–H groups in total. The molecule has 2 aliphatic rings. The molecule has 24 heavy (non-hydrogen) atoms. The standard InChI is InChI=1S/C17H22F2N2O2.ClH/c1-12-2-4-13(5-3-12)23-14-6-8-21(9-7-14)16(22)15-10-17(18,19)11-20-15;/h2-5,14-15,20H,6-11H2,1H3;1H. The van der Waals surface area contributed by atoms with E-state index in [1.807, 2.05) is 31.2 Å². The van der Waals surface area contributed by atoms with Crippen LogP contribution in [0.25, 0.3) is 0 Å². The Kier molecular flexibility index (Phi) is 6.04. The Morgan fingerprint density at radius 3 is 2.42 bits per heavy atom. The first-order valence-corrected chi connectivity index (χ1v) is 8.06. The number of nitrogens with zero attached hydrogens (tertiary/aromatic N) is 1. The molecule has 1 aromatic rings. The SMILES string of the molecule is Cc1ccc(OC2CCN(C(=O)C3CC(F)(F)CN3)CC2)cc1.Cl. The molecule has 0 spiro atoms. The molecule has 0 aromatic heterocycles. The molecule has 134 valence electrons. The van der Waals surface area contributed by atoms with E-state index in [-0.39, 0.29) is 24.4 Å². The Labute approximate surface area is 147 Å². The summed E-state index contributed by atoms with van der Waals surface area (Å²) in [5.41, 5.74) is 1.18. The predicted octanol–water partition coefficient (Wildman–Crippen LogP) is 2.78. The van der Waals surface area contributed by atoms with Crippen LogP contribution in [0.3, 0.4) is 0 Å². The van der Waals surface area contributed by atoms with Gasteiger partial charge in [0.2, 0.25) is 5.91 Å². The van der Waals surface area contributed by atoms with Crippen molar-refractivity contribution in [2.45, 2.75) is 44.3 Å². The molecule has 1 unspecified atom stereocenters. The smallest absolute Gasteiger partial charge is 0.262 e. The summed E-state index contributed by atoms with van der Waals surface area (Å²) >= 11 is 0. The summed E-state index contributed by atoms with van der Waals surface area (Å²) < 4.78 is 32.3. The number of benzene rings is 1. The van der Waals surface area contributed by atoms with Crippen molar-refractivity contribution in [3.05, 3.63) is 29.8 Å². The number of amides is 1. The van der Waals surface area contributed by atoms with Gasteiger partial charge in [-0.3, -0.25) is 10.1 Å². The normalized spacial score (nSPS) is 23.6. The molecular formula is C17H23ClF2N2O2. The number of hydrogen-bond donors (Lipinski definition) is 1. The Morgan fingerprint density at radius 1 is 1.25 bits per heavy atom. The fraction of sp³-hybridized carbons (Fsp3) is 0.588. The topological polar surface area (TPSA) is 41.6 Å². The number of aryl methyl sites for hydroxylation is 1. The van der Waals surface area contributed by atoms with Crippen LogP contribution < -0.4 is 10.1 Å². The van der Waals surface area contributed by atoms with Crippen LogP contribution >= 0.6 is 12.4 Å². The summed E-state index contributed by atoms with van der Waals surface area (Å²) in [4.78, 5) is 14.0. The van der Waals surface area contributed by atoms with E-state index in [0.717, 1.165) is 18.6 Å². The zero-order chi connectivity index (χ0) is 16.4. The van der Waals surface area contributed by atoms with Gasteiger partial charge in [0.25, 0.3) is 5.92 Å². The van der Waals surface area contributed by atoms with Crippen molar-refractivity contribution in [3.63, 3.8) is 0 Å². The molecule has 7 heteroatoms. The molecule has 3 rings (SSSR count). The second-order valence-corrected chi connectivity index (χ2v) is 6.45. The highest BCUT2D eigenvalue weighted by Gasteiger charge is 2.43. The number of carbonyl (C=O) groups is 1. The summed E-state index contributed by atoms with van der Waals surface area (Å²) in [5, 5.41) is 2.63. The van der Waals surface area contributed by atoms with Crippen LogP contribution in [0.15, 0.2) is 24.3 Å². The van der Waals surface area contributed by atoms with E-state index in [0.29, 0.717) is 13.1 Å². The lowest BCUT2D eigenvalue weighted by Crippen LogP contribution is -2.48. The van der Waals surface area contributed by atoms with Crippen molar-refractivity contribution in [3.8, 4) is 5.75 Å². The number of halogens is 3. The monoisotopic (exact) mass is 360 g/mol. The maximum atomic E-state index is 13.2. The minimum Gasteiger partial charge on any atom is -0.490 e. The molecule has 0 saturated carbocycles. The van der Waals surface area contributed by atoms with E-state index in [4.69, 9.17) is 4.74 Å². The lowest BCUT2D eigenvalue weighted by molar-refractivity contribution is -0.135. The maximum Gasteiger partial charge on any atom is 0.262 e. The molecule has 2 aliphatic heterocycles. The summed E-state index contributed by atoms with van der Waals surface area (Å²) in [5.74, 6) is -2.15. The minimum absolute atomic E-state index is 0. The number of piperidine rings is 1. The lowest BCUT2D eigenvalue weighted by Gasteiger charge is -2.33. The van der Waals surface area contributed by atoms with E-state index < -0.39 is 24.9 Å². The summed E-state index contributed by atoms with van der Waals surface area (Å²) in [7, 11) is 0. The summed E-state index contributed by atoms with van der Waals surface area (Å²) in [6.07, 6.45) is 1.12. The Morgan fingerprint density at radius 2 is 1.88 bits per heavy atom. The van der Waals surface area contributed by atoms with Gasteiger partial charge in [0.05, 0.1) is 12.6 Å². The van der Waals surface area contributed by atoms with Crippen LogP contribution in [0.2, 0.25) is 0 Å². The van der Waals surface area contributed by atoms with Crippen molar-refractivity contribution < 1.29 is 18.3 Å². The average molecular weight is 361 g/mol. The van der Waals surface area contributed by atoms with Gasteiger partial charge in [0.1, 0.15) is 11.9 Å². The molecule has 2 saturated heterocycles. The quantitative estimate of drug-likeness (QED) is 0.901. The molecule has 1 atom stereocenters. The summed E-state index contributed by atoms with van der Waals surface area (Å²) in [6.45, 7) is 2.73. The van der Waals surface area contributed by atoms with Gasteiger partial charge in [0, 0.05) is 32.4 Å². The number of alkyl halides is 2. The number of nitrogens with one attached hydrogen (secondary N) is 1. The fourth-order valence-electron chi connectivity index (χ4n) is 3.11. The molecule has 1 aromatic carbocycles. The van der Waals surface area contributed by atoms with Crippen LogP contribution in [0.5, 0.6) is 5.75 Å². The van der Waals surface area contributed by atoms with Crippen molar-refractivity contribution in [1.82, 2.24) is 10.2 Å². The molecular weight excluding hydrogens is 338 g/mol. The highest BCUT2D eigenvalue weighted by atomic mass is 35.5. The molecule has 0 bridgehead atoms. The third-order valence-corrected chi connectivity index (χ3v) is 4.49. The van der Waals surface area contributed by atoms with Gasteiger partial charge in [-0.05, 0) is 19.1 Å².